The van der Waals surface area contributed by atoms with E-state index >= 15 is 0 Å². The largest absolute Gasteiger partial charge is 0.341 e. The number of pyridine rings is 1. The van der Waals surface area contributed by atoms with Crippen molar-refractivity contribution in [2.45, 2.75) is 37.8 Å². The molecule has 0 saturated carbocycles. The lowest BCUT2D eigenvalue weighted by Crippen LogP contribution is -2.51. The Morgan fingerprint density at radius 2 is 1.87 bits per heavy atom. The average molecular weight is 406 g/mol. The van der Waals surface area contributed by atoms with E-state index in [1.807, 2.05) is 46.2 Å². The standard InChI is InChI=1S/C23H27N5O2/c29-22(28-13-10-16-6-1-2-9-21(16)28)17-7-5-12-27(15-17)23(30)20-14-19(25-26-20)18-8-3-4-11-24-18/h1-4,6,8-9,11,17,19-20,25-26H,5,7,10,12-15H2. The minimum Gasteiger partial charge on any atom is -0.341 e. The van der Waals surface area contributed by atoms with E-state index in [2.05, 4.69) is 21.9 Å². The van der Waals surface area contributed by atoms with Crippen LogP contribution in [-0.2, 0) is 16.0 Å². The highest BCUT2D eigenvalue weighted by atomic mass is 16.2. The Morgan fingerprint density at radius 1 is 1.00 bits per heavy atom. The second kappa shape index (κ2) is 8.16. The predicted octanol–water partition coefficient (Wildman–Crippen LogP) is 1.82. The lowest BCUT2D eigenvalue weighted by molar-refractivity contribution is -0.136. The van der Waals surface area contributed by atoms with Gasteiger partial charge in [-0.05, 0) is 49.4 Å². The van der Waals surface area contributed by atoms with Crippen molar-refractivity contribution >= 4 is 17.5 Å². The number of nitrogens with zero attached hydrogens (tertiary/aromatic N) is 3. The number of likely N-dealkylation sites (tertiary alicyclic amines) is 1. The highest BCUT2D eigenvalue weighted by Gasteiger charge is 2.38. The molecule has 3 aliphatic rings. The number of carbonyl (C=O) groups excluding carboxylic acids is 2. The third-order valence-electron chi connectivity index (χ3n) is 6.48. The van der Waals surface area contributed by atoms with Crippen LogP contribution < -0.4 is 15.8 Å². The van der Waals surface area contributed by atoms with Gasteiger partial charge in [0.1, 0.15) is 6.04 Å². The number of hydrogen-bond acceptors (Lipinski definition) is 5. The fraction of sp³-hybridized carbons (Fsp3) is 0.435. The second-order valence-corrected chi connectivity index (χ2v) is 8.38. The maximum atomic E-state index is 13.2. The minimum absolute atomic E-state index is 0.0171. The third kappa shape index (κ3) is 3.59. The number of nitrogens with one attached hydrogen (secondary N) is 2. The Labute approximate surface area is 176 Å². The molecule has 2 saturated heterocycles. The summed E-state index contributed by atoms with van der Waals surface area (Å²) in [5, 5.41) is 0. The Hall–Kier alpha value is -2.77. The summed E-state index contributed by atoms with van der Waals surface area (Å²) in [5.74, 6) is 0.0939. The van der Waals surface area contributed by atoms with Crippen LogP contribution >= 0.6 is 0 Å². The Morgan fingerprint density at radius 3 is 2.73 bits per heavy atom. The van der Waals surface area contributed by atoms with Crippen LogP contribution in [0.4, 0.5) is 5.69 Å². The average Bonchev–Trinajstić information content (AvgIpc) is 3.46. The molecule has 1 aromatic carbocycles. The highest BCUT2D eigenvalue weighted by Crippen LogP contribution is 2.31. The SMILES string of the molecule is O=C(C1CC(c2ccccn2)NN1)N1CCCC(C(=O)N2CCc3ccccc32)C1. The van der Waals surface area contributed by atoms with Gasteiger partial charge >= 0.3 is 0 Å². The summed E-state index contributed by atoms with van der Waals surface area (Å²) < 4.78 is 0. The van der Waals surface area contributed by atoms with Gasteiger partial charge in [0.2, 0.25) is 11.8 Å². The Kier molecular flexibility index (Phi) is 5.23. The molecule has 2 N–H and O–H groups in total. The fourth-order valence-electron chi connectivity index (χ4n) is 4.88. The van der Waals surface area contributed by atoms with Gasteiger partial charge in [-0.1, -0.05) is 24.3 Å². The minimum atomic E-state index is -0.293. The quantitative estimate of drug-likeness (QED) is 0.815. The molecule has 2 fully saturated rings. The first kappa shape index (κ1) is 19.2. The highest BCUT2D eigenvalue weighted by molar-refractivity contribution is 5.97. The van der Waals surface area contributed by atoms with E-state index in [-0.39, 0.29) is 29.8 Å². The van der Waals surface area contributed by atoms with E-state index in [4.69, 9.17) is 0 Å². The first-order valence-corrected chi connectivity index (χ1v) is 10.8. The molecule has 0 radical (unpaired) electrons. The van der Waals surface area contributed by atoms with Gasteiger partial charge in [-0.3, -0.25) is 14.6 Å². The molecule has 1 aromatic heterocycles. The number of amides is 2. The van der Waals surface area contributed by atoms with Crippen molar-refractivity contribution < 1.29 is 9.59 Å². The molecule has 0 aliphatic carbocycles. The van der Waals surface area contributed by atoms with Crippen LogP contribution in [0.5, 0.6) is 0 Å². The third-order valence-corrected chi connectivity index (χ3v) is 6.48. The van der Waals surface area contributed by atoms with E-state index < -0.39 is 0 Å². The fourth-order valence-corrected chi connectivity index (χ4v) is 4.88. The normalized spacial score (nSPS) is 25.9. The van der Waals surface area contributed by atoms with Crippen molar-refractivity contribution in [1.82, 2.24) is 20.7 Å². The maximum absolute atomic E-state index is 13.2. The van der Waals surface area contributed by atoms with Gasteiger partial charge in [-0.2, -0.15) is 0 Å². The van der Waals surface area contributed by atoms with Gasteiger partial charge < -0.3 is 9.80 Å². The molecule has 0 bridgehead atoms. The Bertz CT molecular complexity index is 934. The summed E-state index contributed by atoms with van der Waals surface area (Å²) in [6.07, 6.45) is 5.04. The smallest absolute Gasteiger partial charge is 0.241 e. The van der Waals surface area contributed by atoms with Crippen LogP contribution in [-0.4, -0.2) is 47.4 Å². The molecule has 2 aromatic rings. The van der Waals surface area contributed by atoms with Crippen molar-refractivity contribution in [2.24, 2.45) is 5.92 Å². The number of carbonyl (C=O) groups is 2. The van der Waals surface area contributed by atoms with E-state index in [0.717, 1.165) is 37.2 Å². The monoisotopic (exact) mass is 405 g/mol. The number of hydrogen-bond donors (Lipinski definition) is 2. The molecule has 4 heterocycles. The summed E-state index contributed by atoms with van der Waals surface area (Å²) in [6, 6.07) is 13.7. The van der Waals surface area contributed by atoms with Crippen LogP contribution in [0, 0.1) is 5.92 Å². The number of anilines is 1. The van der Waals surface area contributed by atoms with E-state index in [1.54, 1.807) is 6.20 Å². The molecule has 7 nitrogen and oxygen atoms in total. The summed E-state index contributed by atoms with van der Waals surface area (Å²) in [5.41, 5.74) is 9.53. The van der Waals surface area contributed by atoms with Crippen LogP contribution in [0.25, 0.3) is 0 Å². The van der Waals surface area contributed by atoms with E-state index in [9.17, 15) is 9.59 Å². The molecule has 7 heteroatoms. The van der Waals surface area contributed by atoms with Gasteiger partial charge in [-0.25, -0.2) is 10.9 Å². The number of hydrazine groups is 1. The summed E-state index contributed by atoms with van der Waals surface area (Å²) in [4.78, 5) is 34.6. The molecule has 0 spiro atoms. The first-order valence-electron chi connectivity index (χ1n) is 10.8. The summed E-state index contributed by atoms with van der Waals surface area (Å²) in [7, 11) is 0. The number of fused-ring (bicyclic) bond motifs is 1. The molecule has 3 unspecified atom stereocenters. The van der Waals surface area contributed by atoms with E-state index in [0.29, 0.717) is 19.5 Å². The lowest BCUT2D eigenvalue weighted by Gasteiger charge is -2.35. The van der Waals surface area contributed by atoms with E-state index in [1.165, 1.54) is 5.56 Å². The molecular weight excluding hydrogens is 378 g/mol. The van der Waals surface area contributed by atoms with Crippen molar-refractivity contribution in [3.8, 4) is 0 Å². The van der Waals surface area contributed by atoms with Crippen LogP contribution in [0.3, 0.4) is 0 Å². The molecule has 156 valence electrons. The molecule has 2 amide bonds. The number of piperidine rings is 1. The van der Waals surface area contributed by atoms with Gasteiger partial charge in [0.25, 0.3) is 0 Å². The van der Waals surface area contributed by atoms with Crippen molar-refractivity contribution in [3.63, 3.8) is 0 Å². The molecular formula is C23H27N5O2. The molecule has 30 heavy (non-hydrogen) atoms. The van der Waals surface area contributed by atoms with Crippen molar-refractivity contribution in [3.05, 3.63) is 59.9 Å². The number of para-hydroxylation sites is 1. The van der Waals surface area contributed by atoms with Gasteiger partial charge in [-0.15, -0.1) is 0 Å². The van der Waals surface area contributed by atoms with Crippen molar-refractivity contribution in [1.29, 1.82) is 0 Å². The summed E-state index contributed by atoms with van der Waals surface area (Å²) in [6.45, 7) is 1.96. The first-order chi connectivity index (χ1) is 14.7. The number of benzene rings is 1. The number of aromatic nitrogens is 1. The predicted molar refractivity (Wildman–Crippen MR) is 113 cm³/mol. The van der Waals surface area contributed by atoms with Crippen molar-refractivity contribution in [2.75, 3.05) is 24.5 Å². The maximum Gasteiger partial charge on any atom is 0.241 e. The van der Waals surface area contributed by atoms with Crippen LogP contribution in [0.15, 0.2) is 48.7 Å². The molecule has 3 aliphatic heterocycles. The molecule has 5 rings (SSSR count). The zero-order valence-electron chi connectivity index (χ0n) is 17.0. The topological polar surface area (TPSA) is 77.6 Å². The number of rotatable bonds is 3. The lowest BCUT2D eigenvalue weighted by atomic mass is 9.95. The summed E-state index contributed by atoms with van der Waals surface area (Å²) >= 11 is 0. The van der Waals surface area contributed by atoms with Gasteiger partial charge in [0.05, 0.1) is 17.7 Å². The van der Waals surface area contributed by atoms with Gasteiger partial charge in [0, 0.05) is 31.5 Å². The Balaban J connectivity index is 1.23. The molecule has 3 atom stereocenters. The second-order valence-electron chi connectivity index (χ2n) is 8.38. The van der Waals surface area contributed by atoms with Crippen LogP contribution in [0.1, 0.15) is 36.6 Å². The van der Waals surface area contributed by atoms with Gasteiger partial charge in [0.15, 0.2) is 0 Å². The zero-order valence-corrected chi connectivity index (χ0v) is 17.0. The zero-order chi connectivity index (χ0) is 20.5. The van der Waals surface area contributed by atoms with Crippen LogP contribution in [0.2, 0.25) is 0 Å².